The van der Waals surface area contributed by atoms with E-state index in [1.165, 1.54) is 0 Å². The number of carbonyl (C=O) groups is 2. The first-order valence-corrected chi connectivity index (χ1v) is 7.33. The standard InChI is InChI=1S/C16H21NO4/c1-2-5-13(9-15(18)19)17-16(20)12-8-11-6-3-4-7-14(11)21-10-12/h3-4,6-7,12-13H,2,5,8-10H2,1H3,(H,17,20)(H,18,19). The Labute approximate surface area is 124 Å². The number of rotatable bonds is 6. The van der Waals surface area contributed by atoms with E-state index in [9.17, 15) is 9.59 Å². The van der Waals surface area contributed by atoms with Gasteiger partial charge in [-0.25, -0.2) is 0 Å². The zero-order valence-corrected chi connectivity index (χ0v) is 12.2. The number of benzene rings is 1. The molecule has 0 aliphatic carbocycles. The molecule has 1 aliphatic heterocycles. The highest BCUT2D eigenvalue weighted by atomic mass is 16.5. The van der Waals surface area contributed by atoms with E-state index in [2.05, 4.69) is 5.32 Å². The third kappa shape index (κ3) is 4.21. The van der Waals surface area contributed by atoms with E-state index in [0.717, 1.165) is 17.7 Å². The molecule has 5 heteroatoms. The van der Waals surface area contributed by atoms with Crippen molar-refractivity contribution in [3.63, 3.8) is 0 Å². The second kappa shape index (κ2) is 7.11. The molecular weight excluding hydrogens is 270 g/mol. The van der Waals surface area contributed by atoms with Crippen LogP contribution in [0.15, 0.2) is 24.3 Å². The van der Waals surface area contributed by atoms with E-state index in [1.54, 1.807) is 0 Å². The van der Waals surface area contributed by atoms with Gasteiger partial charge in [-0.3, -0.25) is 9.59 Å². The smallest absolute Gasteiger partial charge is 0.305 e. The third-order valence-electron chi connectivity index (χ3n) is 3.65. The molecule has 1 aromatic rings. The van der Waals surface area contributed by atoms with Gasteiger partial charge >= 0.3 is 5.97 Å². The largest absolute Gasteiger partial charge is 0.492 e. The Morgan fingerprint density at radius 3 is 2.90 bits per heavy atom. The SMILES string of the molecule is CCCC(CC(=O)O)NC(=O)C1COc2ccccc2C1. The van der Waals surface area contributed by atoms with Crippen LogP contribution in [-0.4, -0.2) is 29.6 Å². The summed E-state index contributed by atoms with van der Waals surface area (Å²) in [5.41, 5.74) is 1.02. The number of aliphatic carboxylic acids is 1. The number of hydrogen-bond acceptors (Lipinski definition) is 3. The van der Waals surface area contributed by atoms with Gasteiger partial charge in [0.2, 0.25) is 5.91 Å². The summed E-state index contributed by atoms with van der Waals surface area (Å²) >= 11 is 0. The summed E-state index contributed by atoms with van der Waals surface area (Å²) in [4.78, 5) is 23.1. The van der Waals surface area contributed by atoms with Crippen molar-refractivity contribution in [1.82, 2.24) is 5.32 Å². The predicted molar refractivity (Wildman–Crippen MR) is 78.2 cm³/mol. The first kappa shape index (κ1) is 15.4. The third-order valence-corrected chi connectivity index (χ3v) is 3.65. The van der Waals surface area contributed by atoms with Crippen molar-refractivity contribution in [2.24, 2.45) is 5.92 Å². The number of carboxylic acids is 1. The van der Waals surface area contributed by atoms with Crippen LogP contribution in [-0.2, 0) is 16.0 Å². The van der Waals surface area contributed by atoms with E-state index in [1.807, 2.05) is 31.2 Å². The molecule has 21 heavy (non-hydrogen) atoms. The van der Waals surface area contributed by atoms with Crippen LogP contribution in [0.2, 0.25) is 0 Å². The molecule has 2 rings (SSSR count). The molecular formula is C16H21NO4. The molecule has 2 unspecified atom stereocenters. The minimum Gasteiger partial charge on any atom is -0.492 e. The average molecular weight is 291 g/mol. The lowest BCUT2D eigenvalue weighted by Crippen LogP contribution is -2.43. The van der Waals surface area contributed by atoms with Gasteiger partial charge in [-0.05, 0) is 24.5 Å². The van der Waals surface area contributed by atoms with Gasteiger partial charge in [0.05, 0.1) is 12.3 Å². The number of ether oxygens (including phenoxy) is 1. The molecule has 0 saturated heterocycles. The van der Waals surface area contributed by atoms with Gasteiger partial charge in [0, 0.05) is 6.04 Å². The number of carboxylic acid groups (broad SMARTS) is 1. The first-order valence-electron chi connectivity index (χ1n) is 7.33. The normalized spacial score (nSPS) is 18.2. The van der Waals surface area contributed by atoms with Crippen LogP contribution in [0.1, 0.15) is 31.7 Å². The summed E-state index contributed by atoms with van der Waals surface area (Å²) < 4.78 is 5.60. The van der Waals surface area contributed by atoms with Crippen molar-refractivity contribution in [2.75, 3.05) is 6.61 Å². The number of amides is 1. The van der Waals surface area contributed by atoms with E-state index < -0.39 is 5.97 Å². The molecule has 1 aliphatic rings. The summed E-state index contributed by atoms with van der Waals surface area (Å²) in [6.45, 7) is 2.32. The van der Waals surface area contributed by atoms with Gasteiger partial charge < -0.3 is 15.2 Å². The van der Waals surface area contributed by atoms with Crippen molar-refractivity contribution in [3.05, 3.63) is 29.8 Å². The number of para-hydroxylation sites is 1. The predicted octanol–water partition coefficient (Wildman–Crippen LogP) is 2.00. The molecule has 0 saturated carbocycles. The average Bonchev–Trinajstić information content (AvgIpc) is 2.46. The minimum absolute atomic E-state index is 0.0380. The van der Waals surface area contributed by atoms with Crippen LogP contribution in [0.3, 0.4) is 0 Å². The Hall–Kier alpha value is -2.04. The Morgan fingerprint density at radius 2 is 2.19 bits per heavy atom. The van der Waals surface area contributed by atoms with Gasteiger partial charge in [0.1, 0.15) is 12.4 Å². The first-order chi connectivity index (χ1) is 10.1. The molecule has 2 atom stereocenters. The number of hydrogen-bond donors (Lipinski definition) is 2. The van der Waals surface area contributed by atoms with E-state index in [0.29, 0.717) is 19.4 Å². The quantitative estimate of drug-likeness (QED) is 0.840. The van der Waals surface area contributed by atoms with Crippen molar-refractivity contribution >= 4 is 11.9 Å². The lowest BCUT2D eigenvalue weighted by molar-refractivity contribution is -0.138. The highest BCUT2D eigenvalue weighted by Crippen LogP contribution is 2.26. The van der Waals surface area contributed by atoms with E-state index in [-0.39, 0.29) is 24.3 Å². The van der Waals surface area contributed by atoms with Gasteiger partial charge in [0.25, 0.3) is 0 Å². The number of nitrogens with one attached hydrogen (secondary N) is 1. The number of carbonyl (C=O) groups excluding carboxylic acids is 1. The van der Waals surface area contributed by atoms with Gasteiger partial charge in [0.15, 0.2) is 0 Å². The van der Waals surface area contributed by atoms with E-state index in [4.69, 9.17) is 9.84 Å². The lowest BCUT2D eigenvalue weighted by Gasteiger charge is -2.26. The molecule has 2 N–H and O–H groups in total. The van der Waals surface area contributed by atoms with Crippen molar-refractivity contribution in [1.29, 1.82) is 0 Å². The highest BCUT2D eigenvalue weighted by molar-refractivity contribution is 5.80. The monoisotopic (exact) mass is 291 g/mol. The Bertz CT molecular complexity index is 515. The summed E-state index contributed by atoms with van der Waals surface area (Å²) in [6, 6.07) is 7.37. The Kier molecular flexibility index (Phi) is 5.20. The van der Waals surface area contributed by atoms with Crippen LogP contribution in [0.4, 0.5) is 0 Å². The van der Waals surface area contributed by atoms with Gasteiger partial charge in [-0.15, -0.1) is 0 Å². The van der Waals surface area contributed by atoms with Crippen molar-refractivity contribution in [3.8, 4) is 5.75 Å². The van der Waals surface area contributed by atoms with E-state index >= 15 is 0 Å². The van der Waals surface area contributed by atoms with Crippen LogP contribution >= 0.6 is 0 Å². The maximum atomic E-state index is 12.3. The molecule has 0 fully saturated rings. The van der Waals surface area contributed by atoms with Crippen LogP contribution < -0.4 is 10.1 Å². The van der Waals surface area contributed by atoms with Gasteiger partial charge in [-0.1, -0.05) is 31.5 Å². The minimum atomic E-state index is -0.890. The number of fused-ring (bicyclic) bond motifs is 1. The molecule has 1 amide bonds. The fourth-order valence-electron chi connectivity index (χ4n) is 2.60. The molecule has 1 aromatic carbocycles. The summed E-state index contributed by atoms with van der Waals surface area (Å²) in [5, 5.41) is 11.7. The molecule has 0 radical (unpaired) electrons. The fraction of sp³-hybridized carbons (Fsp3) is 0.500. The molecule has 5 nitrogen and oxygen atoms in total. The molecule has 114 valence electrons. The Morgan fingerprint density at radius 1 is 1.43 bits per heavy atom. The molecule has 1 heterocycles. The maximum absolute atomic E-state index is 12.3. The van der Waals surface area contributed by atoms with Crippen LogP contribution in [0.5, 0.6) is 5.75 Å². The summed E-state index contributed by atoms with van der Waals surface area (Å²) in [5.74, 6) is -0.437. The van der Waals surface area contributed by atoms with Crippen molar-refractivity contribution < 1.29 is 19.4 Å². The zero-order valence-electron chi connectivity index (χ0n) is 12.2. The summed E-state index contributed by atoms with van der Waals surface area (Å²) in [6.07, 6.45) is 2.10. The molecule has 0 aromatic heterocycles. The van der Waals surface area contributed by atoms with Gasteiger partial charge in [-0.2, -0.15) is 0 Å². The highest BCUT2D eigenvalue weighted by Gasteiger charge is 2.27. The maximum Gasteiger partial charge on any atom is 0.305 e. The van der Waals surface area contributed by atoms with Crippen molar-refractivity contribution in [2.45, 2.75) is 38.6 Å². The van der Waals surface area contributed by atoms with Crippen LogP contribution in [0, 0.1) is 5.92 Å². The summed E-state index contributed by atoms with van der Waals surface area (Å²) in [7, 11) is 0. The van der Waals surface area contributed by atoms with Crippen LogP contribution in [0.25, 0.3) is 0 Å². The second-order valence-corrected chi connectivity index (χ2v) is 5.41. The fourth-order valence-corrected chi connectivity index (χ4v) is 2.60. The Balaban J connectivity index is 1.95. The molecule has 0 spiro atoms. The zero-order chi connectivity index (χ0) is 15.2. The topological polar surface area (TPSA) is 75.6 Å². The second-order valence-electron chi connectivity index (χ2n) is 5.41. The molecule has 0 bridgehead atoms. The lowest BCUT2D eigenvalue weighted by atomic mass is 9.95.